The molecule has 0 fully saturated rings. The third-order valence-corrected chi connectivity index (χ3v) is 1.95. The molecule has 0 aromatic carbocycles. The Labute approximate surface area is 124 Å². The van der Waals surface area contributed by atoms with E-state index >= 15 is 0 Å². The molecule has 0 aromatic rings. The molecule has 6 nitrogen and oxygen atoms in total. The maximum Gasteiger partial charge on any atom is 0.304 e. The van der Waals surface area contributed by atoms with Gasteiger partial charge in [-0.3, -0.25) is 9.59 Å². The fourth-order valence-corrected chi connectivity index (χ4v) is 0.624. The van der Waals surface area contributed by atoms with Crippen molar-refractivity contribution in [2.45, 2.75) is 26.7 Å². The normalized spacial score (nSPS) is 9.58. The molecule has 0 unspecified atom stereocenters. The minimum Gasteiger partial charge on any atom is -0.481 e. The number of carbonyl (C=O) groups is 2. The van der Waals surface area contributed by atoms with E-state index in [0.717, 1.165) is 0 Å². The first-order valence-electron chi connectivity index (χ1n) is 5.53. The van der Waals surface area contributed by atoms with Crippen molar-refractivity contribution in [3.63, 3.8) is 0 Å². The van der Waals surface area contributed by atoms with Crippen LogP contribution in [0.5, 0.6) is 0 Å². The van der Waals surface area contributed by atoms with E-state index in [-0.39, 0.29) is 31.5 Å². The van der Waals surface area contributed by atoms with Crippen molar-refractivity contribution in [1.29, 1.82) is 0 Å². The van der Waals surface area contributed by atoms with Crippen LogP contribution in [0, 0.1) is 5.41 Å². The molecule has 0 bridgehead atoms. The van der Waals surface area contributed by atoms with Crippen molar-refractivity contribution < 1.29 is 30.0 Å². The molecular formula is C11H24O6S2. The number of aliphatic hydroxyl groups is 2. The van der Waals surface area contributed by atoms with Gasteiger partial charge in [0.2, 0.25) is 0 Å². The lowest BCUT2D eigenvalue weighted by molar-refractivity contribution is -0.137. The van der Waals surface area contributed by atoms with Gasteiger partial charge in [-0.2, -0.15) is 25.3 Å². The lowest BCUT2D eigenvalue weighted by Gasteiger charge is -2.16. The second kappa shape index (κ2) is 15.6. The molecule has 0 radical (unpaired) electrons. The summed E-state index contributed by atoms with van der Waals surface area (Å²) in [6.45, 7) is 3.69. The third kappa shape index (κ3) is 31.8. The van der Waals surface area contributed by atoms with Crippen LogP contribution in [0.2, 0.25) is 0 Å². The molecule has 0 aliphatic carbocycles. The average molecular weight is 316 g/mol. The van der Waals surface area contributed by atoms with E-state index in [4.69, 9.17) is 20.4 Å². The van der Waals surface area contributed by atoms with Crippen LogP contribution in [0.4, 0.5) is 0 Å². The van der Waals surface area contributed by atoms with Gasteiger partial charge in [0.15, 0.2) is 0 Å². The van der Waals surface area contributed by atoms with Gasteiger partial charge in [-0.05, 0) is 0 Å². The Balaban J connectivity index is -0.000000203. The highest BCUT2D eigenvalue weighted by atomic mass is 32.1. The van der Waals surface area contributed by atoms with Crippen LogP contribution in [-0.2, 0) is 9.59 Å². The Bertz CT molecular complexity index is 211. The zero-order valence-electron chi connectivity index (χ0n) is 11.2. The van der Waals surface area contributed by atoms with E-state index in [1.807, 2.05) is 0 Å². The van der Waals surface area contributed by atoms with Crippen molar-refractivity contribution in [2.24, 2.45) is 5.41 Å². The largest absolute Gasteiger partial charge is 0.481 e. The molecule has 4 N–H and O–H groups in total. The van der Waals surface area contributed by atoms with Crippen LogP contribution in [0.1, 0.15) is 26.7 Å². The third-order valence-electron chi connectivity index (χ3n) is 1.51. The van der Waals surface area contributed by atoms with E-state index < -0.39 is 11.9 Å². The number of carboxylic acids is 2. The molecule has 0 aliphatic rings. The topological polar surface area (TPSA) is 115 Å². The quantitative estimate of drug-likeness (QED) is 0.404. The number of thiol groups is 2. The molecule has 0 saturated heterocycles. The standard InChI is InChI=1S/C5H12O2.2C3H6O2S/c1-5(2,3-6)4-7;2*4-3(5)1-2-6/h6-7H,3-4H2,1-2H3;2*6H,1-2H2,(H,4,5). The molecule has 116 valence electrons. The Kier molecular flexibility index (Phi) is 19.4. The monoisotopic (exact) mass is 316 g/mol. The van der Waals surface area contributed by atoms with Gasteiger partial charge in [0.1, 0.15) is 0 Å². The van der Waals surface area contributed by atoms with Crippen molar-refractivity contribution in [2.75, 3.05) is 24.7 Å². The van der Waals surface area contributed by atoms with Gasteiger partial charge in [-0.25, -0.2) is 0 Å². The van der Waals surface area contributed by atoms with Crippen molar-refractivity contribution in [3.8, 4) is 0 Å². The molecule has 0 aliphatic heterocycles. The van der Waals surface area contributed by atoms with Crippen LogP contribution in [0.3, 0.4) is 0 Å². The van der Waals surface area contributed by atoms with Crippen LogP contribution < -0.4 is 0 Å². The van der Waals surface area contributed by atoms with Gasteiger partial charge in [-0.1, -0.05) is 13.8 Å². The van der Waals surface area contributed by atoms with Crippen LogP contribution in [0.15, 0.2) is 0 Å². The van der Waals surface area contributed by atoms with Crippen molar-refractivity contribution in [3.05, 3.63) is 0 Å². The number of aliphatic carboxylic acids is 2. The van der Waals surface area contributed by atoms with Gasteiger partial charge in [0.25, 0.3) is 0 Å². The number of carboxylic acid groups (broad SMARTS) is 2. The maximum atomic E-state index is 9.55. The highest BCUT2D eigenvalue weighted by Crippen LogP contribution is 2.10. The van der Waals surface area contributed by atoms with Crippen molar-refractivity contribution >= 4 is 37.2 Å². The summed E-state index contributed by atoms with van der Waals surface area (Å²) in [6.07, 6.45) is 0.312. The molecule has 0 atom stereocenters. The van der Waals surface area contributed by atoms with Crippen LogP contribution in [0.25, 0.3) is 0 Å². The lowest BCUT2D eigenvalue weighted by atomic mass is 9.97. The molecule has 0 rings (SSSR count). The summed E-state index contributed by atoms with van der Waals surface area (Å²) in [6, 6.07) is 0. The minimum atomic E-state index is -0.787. The Morgan fingerprint density at radius 1 is 0.895 bits per heavy atom. The Hall–Kier alpha value is -0.440. The summed E-state index contributed by atoms with van der Waals surface area (Å²) in [7, 11) is 0. The SMILES string of the molecule is CC(C)(CO)CO.O=C(O)CCS.O=C(O)CCS. The van der Waals surface area contributed by atoms with Gasteiger partial charge in [0, 0.05) is 16.9 Å². The van der Waals surface area contributed by atoms with Gasteiger partial charge in [0.05, 0.1) is 26.1 Å². The number of hydrogen-bond donors (Lipinski definition) is 6. The highest BCUT2D eigenvalue weighted by molar-refractivity contribution is 7.80. The number of rotatable bonds is 6. The molecule has 0 aromatic heterocycles. The van der Waals surface area contributed by atoms with E-state index in [2.05, 4.69) is 25.3 Å². The van der Waals surface area contributed by atoms with E-state index in [0.29, 0.717) is 11.5 Å². The minimum absolute atomic E-state index is 0.0451. The maximum absolute atomic E-state index is 9.55. The fourth-order valence-electron chi connectivity index (χ4n) is 0.241. The summed E-state index contributed by atoms with van der Waals surface area (Å²) in [5, 5.41) is 32.6. The molecule has 8 heteroatoms. The first-order valence-corrected chi connectivity index (χ1v) is 6.80. The number of hydrogen-bond acceptors (Lipinski definition) is 6. The number of aliphatic hydroxyl groups excluding tert-OH is 2. The highest BCUT2D eigenvalue weighted by Gasteiger charge is 2.13. The molecule has 19 heavy (non-hydrogen) atoms. The van der Waals surface area contributed by atoms with E-state index in [1.54, 1.807) is 13.8 Å². The fraction of sp³-hybridized carbons (Fsp3) is 0.818. The predicted molar refractivity (Wildman–Crippen MR) is 80.2 cm³/mol. The summed E-state index contributed by atoms with van der Waals surface area (Å²) in [5.74, 6) is -0.722. The van der Waals surface area contributed by atoms with Gasteiger partial charge < -0.3 is 20.4 Å². The molecule has 0 heterocycles. The average Bonchev–Trinajstić information content (AvgIpc) is 2.30. The predicted octanol–water partition coefficient (Wildman–Crippen LogP) is 0.779. The molecule has 0 saturated carbocycles. The van der Waals surface area contributed by atoms with E-state index in [9.17, 15) is 9.59 Å². The van der Waals surface area contributed by atoms with Gasteiger partial charge >= 0.3 is 11.9 Å². The summed E-state index contributed by atoms with van der Waals surface area (Å²) >= 11 is 7.36. The zero-order valence-corrected chi connectivity index (χ0v) is 13.0. The molecular weight excluding hydrogens is 292 g/mol. The smallest absolute Gasteiger partial charge is 0.304 e. The summed E-state index contributed by atoms with van der Waals surface area (Å²) in [4.78, 5) is 19.1. The molecule has 0 spiro atoms. The van der Waals surface area contributed by atoms with Crippen LogP contribution in [-0.4, -0.2) is 57.1 Å². The second-order valence-electron chi connectivity index (χ2n) is 4.22. The second-order valence-corrected chi connectivity index (χ2v) is 5.11. The van der Waals surface area contributed by atoms with Crippen molar-refractivity contribution in [1.82, 2.24) is 0 Å². The first-order chi connectivity index (χ1) is 8.66. The summed E-state index contributed by atoms with van der Waals surface area (Å²) < 4.78 is 0. The Morgan fingerprint density at radius 3 is 1.16 bits per heavy atom. The zero-order chi connectivity index (χ0) is 15.9. The summed E-state index contributed by atoms with van der Waals surface area (Å²) in [5.41, 5.74) is -0.306. The van der Waals surface area contributed by atoms with Crippen LogP contribution >= 0.6 is 25.3 Å². The van der Waals surface area contributed by atoms with Gasteiger partial charge in [-0.15, -0.1) is 0 Å². The van der Waals surface area contributed by atoms with E-state index in [1.165, 1.54) is 0 Å². The lowest BCUT2D eigenvalue weighted by Crippen LogP contribution is -2.20. The first kappa shape index (κ1) is 23.6. The molecule has 0 amide bonds. The Morgan fingerprint density at radius 2 is 1.16 bits per heavy atom.